The van der Waals surface area contributed by atoms with Crippen molar-refractivity contribution in [3.8, 4) is 11.5 Å². The van der Waals surface area contributed by atoms with Crippen LogP contribution in [0.3, 0.4) is 0 Å². The monoisotopic (exact) mass is 328 g/mol. The molecule has 0 heterocycles. The maximum atomic E-state index is 11.9. The van der Waals surface area contributed by atoms with Crippen LogP contribution in [-0.2, 0) is 16.0 Å². The van der Waals surface area contributed by atoms with Crippen molar-refractivity contribution in [3.05, 3.63) is 54.1 Å². The molecule has 0 bridgehead atoms. The number of hydrogen-bond acceptors (Lipinski definition) is 4. The maximum absolute atomic E-state index is 11.9. The third kappa shape index (κ3) is 4.49. The van der Waals surface area contributed by atoms with Gasteiger partial charge in [-0.25, -0.2) is 0 Å². The highest BCUT2D eigenvalue weighted by molar-refractivity contribution is 6.39. The Balaban J connectivity index is 1.87. The first-order valence-corrected chi connectivity index (χ1v) is 7.49. The van der Waals surface area contributed by atoms with E-state index in [1.165, 1.54) is 7.11 Å². The molecule has 0 unspecified atom stereocenters. The van der Waals surface area contributed by atoms with Gasteiger partial charge in [-0.05, 0) is 30.2 Å². The van der Waals surface area contributed by atoms with Gasteiger partial charge in [-0.2, -0.15) is 0 Å². The summed E-state index contributed by atoms with van der Waals surface area (Å²) < 4.78 is 10.4. The van der Waals surface area contributed by atoms with Crippen molar-refractivity contribution in [1.82, 2.24) is 5.32 Å². The summed E-state index contributed by atoms with van der Waals surface area (Å²) in [7, 11) is 3.09. The molecule has 0 spiro atoms. The van der Waals surface area contributed by atoms with Crippen LogP contribution in [0.25, 0.3) is 0 Å². The van der Waals surface area contributed by atoms with E-state index >= 15 is 0 Å². The molecule has 0 saturated heterocycles. The fourth-order valence-corrected chi connectivity index (χ4v) is 2.23. The van der Waals surface area contributed by atoms with E-state index in [-0.39, 0.29) is 0 Å². The molecule has 2 N–H and O–H groups in total. The highest BCUT2D eigenvalue weighted by Crippen LogP contribution is 2.22. The summed E-state index contributed by atoms with van der Waals surface area (Å²) in [6.45, 7) is 0.332. The lowest BCUT2D eigenvalue weighted by Gasteiger charge is -2.11. The van der Waals surface area contributed by atoms with Crippen molar-refractivity contribution >= 4 is 17.5 Å². The smallest absolute Gasteiger partial charge is 0.313 e. The van der Waals surface area contributed by atoms with E-state index in [0.29, 0.717) is 24.4 Å². The van der Waals surface area contributed by atoms with Crippen molar-refractivity contribution in [2.24, 2.45) is 0 Å². The SMILES string of the molecule is COc1ccccc1CCNC(=O)C(=O)Nc1ccccc1OC. The molecule has 0 fully saturated rings. The standard InChI is InChI=1S/C18H20N2O4/c1-23-15-9-5-3-7-13(15)11-12-19-17(21)18(22)20-14-8-4-6-10-16(14)24-2/h3-10H,11-12H2,1-2H3,(H,19,21)(H,20,22). The summed E-state index contributed by atoms with van der Waals surface area (Å²) in [5, 5.41) is 5.12. The number of rotatable bonds is 6. The van der Waals surface area contributed by atoms with Gasteiger partial charge in [0.1, 0.15) is 11.5 Å². The van der Waals surface area contributed by atoms with Gasteiger partial charge < -0.3 is 20.1 Å². The average molecular weight is 328 g/mol. The fraction of sp³-hybridized carbons (Fsp3) is 0.222. The van der Waals surface area contributed by atoms with E-state index in [0.717, 1.165) is 11.3 Å². The minimum absolute atomic E-state index is 0.332. The zero-order valence-corrected chi connectivity index (χ0v) is 13.7. The Labute approximate surface area is 140 Å². The number of nitrogens with one attached hydrogen (secondary N) is 2. The zero-order valence-electron chi connectivity index (χ0n) is 13.7. The van der Waals surface area contributed by atoms with Crippen molar-refractivity contribution in [3.63, 3.8) is 0 Å². The van der Waals surface area contributed by atoms with Crippen molar-refractivity contribution < 1.29 is 19.1 Å². The van der Waals surface area contributed by atoms with Crippen LogP contribution in [0.15, 0.2) is 48.5 Å². The van der Waals surface area contributed by atoms with Gasteiger partial charge in [0.15, 0.2) is 0 Å². The molecule has 0 aliphatic heterocycles. The molecule has 2 rings (SSSR count). The lowest BCUT2D eigenvalue weighted by molar-refractivity contribution is -0.136. The van der Waals surface area contributed by atoms with E-state index in [2.05, 4.69) is 10.6 Å². The van der Waals surface area contributed by atoms with Gasteiger partial charge in [-0.15, -0.1) is 0 Å². The first-order valence-electron chi connectivity index (χ1n) is 7.49. The van der Waals surface area contributed by atoms with E-state index in [9.17, 15) is 9.59 Å². The number of amides is 2. The molecule has 0 aliphatic rings. The second-order valence-corrected chi connectivity index (χ2v) is 4.97. The van der Waals surface area contributed by atoms with Crippen LogP contribution in [0.4, 0.5) is 5.69 Å². The molecule has 0 radical (unpaired) electrons. The minimum atomic E-state index is -0.737. The van der Waals surface area contributed by atoms with E-state index in [1.54, 1.807) is 31.4 Å². The molecule has 6 heteroatoms. The number of ether oxygens (including phenoxy) is 2. The Morgan fingerprint density at radius 3 is 2.21 bits per heavy atom. The molecule has 2 amide bonds. The van der Waals surface area contributed by atoms with Crippen molar-refractivity contribution in [2.75, 3.05) is 26.1 Å². The van der Waals surface area contributed by atoms with E-state index < -0.39 is 11.8 Å². The van der Waals surface area contributed by atoms with E-state index in [4.69, 9.17) is 9.47 Å². The summed E-state index contributed by atoms with van der Waals surface area (Å²) in [5.74, 6) is -0.187. The van der Waals surface area contributed by atoms with Crippen molar-refractivity contribution in [1.29, 1.82) is 0 Å². The van der Waals surface area contributed by atoms with Gasteiger partial charge in [0.05, 0.1) is 19.9 Å². The predicted molar refractivity (Wildman–Crippen MR) is 91.3 cm³/mol. The average Bonchev–Trinajstić information content (AvgIpc) is 2.62. The summed E-state index contributed by atoms with van der Waals surface area (Å²) >= 11 is 0. The number of benzene rings is 2. The quantitative estimate of drug-likeness (QED) is 0.795. The van der Waals surface area contributed by atoms with Crippen molar-refractivity contribution in [2.45, 2.75) is 6.42 Å². The van der Waals surface area contributed by atoms with Crippen LogP contribution in [-0.4, -0.2) is 32.6 Å². The van der Waals surface area contributed by atoms with Gasteiger partial charge in [-0.1, -0.05) is 30.3 Å². The minimum Gasteiger partial charge on any atom is -0.496 e. The highest BCUT2D eigenvalue weighted by Gasteiger charge is 2.15. The Bertz CT molecular complexity index is 716. The van der Waals surface area contributed by atoms with Gasteiger partial charge in [0.25, 0.3) is 0 Å². The molecule has 2 aromatic carbocycles. The number of carbonyl (C=O) groups excluding carboxylic acids is 2. The molecule has 126 valence electrons. The highest BCUT2D eigenvalue weighted by atomic mass is 16.5. The molecule has 0 aliphatic carbocycles. The van der Waals surface area contributed by atoms with Crippen LogP contribution in [0.5, 0.6) is 11.5 Å². The van der Waals surface area contributed by atoms with E-state index in [1.807, 2.05) is 24.3 Å². The van der Waals surface area contributed by atoms with Crippen LogP contribution in [0, 0.1) is 0 Å². The first-order chi connectivity index (χ1) is 11.7. The van der Waals surface area contributed by atoms with Gasteiger partial charge in [0, 0.05) is 6.54 Å². The largest absolute Gasteiger partial charge is 0.496 e. The zero-order chi connectivity index (χ0) is 17.4. The van der Waals surface area contributed by atoms with Crippen LogP contribution in [0.1, 0.15) is 5.56 Å². The Kier molecular flexibility index (Phi) is 6.19. The number of hydrogen-bond donors (Lipinski definition) is 2. The van der Waals surface area contributed by atoms with Crippen LogP contribution >= 0.6 is 0 Å². The normalized spacial score (nSPS) is 9.92. The molecular weight excluding hydrogens is 308 g/mol. The summed E-state index contributed by atoms with van der Waals surface area (Å²) in [6, 6.07) is 14.4. The summed E-state index contributed by atoms with van der Waals surface area (Å²) in [5.41, 5.74) is 1.41. The number of anilines is 1. The molecular formula is C18H20N2O4. The third-order valence-electron chi connectivity index (χ3n) is 3.43. The summed E-state index contributed by atoms with van der Waals surface area (Å²) in [4.78, 5) is 23.8. The Morgan fingerprint density at radius 1 is 0.875 bits per heavy atom. The van der Waals surface area contributed by atoms with Gasteiger partial charge >= 0.3 is 11.8 Å². The first kappa shape index (κ1) is 17.3. The number of carbonyl (C=O) groups is 2. The molecule has 24 heavy (non-hydrogen) atoms. The molecule has 0 aromatic heterocycles. The fourth-order valence-electron chi connectivity index (χ4n) is 2.23. The summed E-state index contributed by atoms with van der Waals surface area (Å²) in [6.07, 6.45) is 0.567. The topological polar surface area (TPSA) is 76.7 Å². The van der Waals surface area contributed by atoms with Crippen LogP contribution < -0.4 is 20.1 Å². The molecule has 0 atom stereocenters. The predicted octanol–water partition coefficient (Wildman–Crippen LogP) is 2.00. The maximum Gasteiger partial charge on any atom is 0.313 e. The lowest BCUT2D eigenvalue weighted by atomic mass is 10.1. The Hall–Kier alpha value is -3.02. The lowest BCUT2D eigenvalue weighted by Crippen LogP contribution is -2.36. The molecule has 6 nitrogen and oxygen atoms in total. The molecule has 2 aromatic rings. The third-order valence-corrected chi connectivity index (χ3v) is 3.43. The van der Waals surface area contributed by atoms with Crippen LogP contribution in [0.2, 0.25) is 0 Å². The second-order valence-electron chi connectivity index (χ2n) is 4.97. The number of para-hydroxylation sites is 3. The second kappa shape index (κ2) is 8.57. The van der Waals surface area contributed by atoms with Gasteiger partial charge in [-0.3, -0.25) is 9.59 Å². The Morgan fingerprint density at radius 2 is 1.50 bits per heavy atom. The number of methoxy groups -OCH3 is 2. The molecule has 0 saturated carbocycles. The van der Waals surface area contributed by atoms with Gasteiger partial charge in [0.2, 0.25) is 0 Å².